The zero-order chi connectivity index (χ0) is 12.2. The number of para-hydroxylation sites is 1. The molecule has 3 heteroatoms. The summed E-state index contributed by atoms with van der Waals surface area (Å²) in [4.78, 5) is 11.1. The third kappa shape index (κ3) is 3.24. The molecule has 0 aliphatic rings. The molecular formula is C13H17ClO2. The highest BCUT2D eigenvalue weighted by Crippen LogP contribution is 2.24. The number of halogens is 1. The largest absolute Gasteiger partial charge is 0.492 e. The van der Waals surface area contributed by atoms with Crippen LogP contribution in [0.4, 0.5) is 0 Å². The van der Waals surface area contributed by atoms with Gasteiger partial charge in [-0.3, -0.25) is 4.79 Å². The van der Waals surface area contributed by atoms with Crippen molar-refractivity contribution in [3.63, 3.8) is 0 Å². The molecule has 1 rings (SSSR count). The number of hydrogen-bond acceptors (Lipinski definition) is 2. The third-order valence-corrected chi connectivity index (χ3v) is 2.99. The van der Waals surface area contributed by atoms with Crippen molar-refractivity contribution in [2.24, 2.45) is 5.41 Å². The van der Waals surface area contributed by atoms with Crippen LogP contribution >= 0.6 is 11.6 Å². The highest BCUT2D eigenvalue weighted by Gasteiger charge is 2.27. The fourth-order valence-corrected chi connectivity index (χ4v) is 1.31. The molecule has 0 bridgehead atoms. The summed E-state index contributed by atoms with van der Waals surface area (Å²) in [6.07, 6.45) is 0.908. The molecule has 0 spiro atoms. The molecule has 0 saturated carbocycles. The van der Waals surface area contributed by atoms with Crippen LogP contribution in [0.2, 0.25) is 0 Å². The van der Waals surface area contributed by atoms with Crippen LogP contribution in [-0.4, -0.2) is 11.8 Å². The van der Waals surface area contributed by atoms with Crippen molar-refractivity contribution in [1.82, 2.24) is 0 Å². The molecule has 88 valence electrons. The number of hydrogen-bond donors (Lipinski definition) is 0. The summed E-state index contributed by atoms with van der Waals surface area (Å²) in [7, 11) is 0. The monoisotopic (exact) mass is 240 g/mol. The highest BCUT2D eigenvalue weighted by atomic mass is 35.5. The van der Waals surface area contributed by atoms with Gasteiger partial charge in [0.15, 0.2) is 0 Å². The molecule has 0 amide bonds. The van der Waals surface area contributed by atoms with Crippen molar-refractivity contribution in [1.29, 1.82) is 0 Å². The summed E-state index contributed by atoms with van der Waals surface area (Å²) in [5.74, 6) is 0.830. The molecule has 1 aromatic carbocycles. The first-order valence-corrected chi connectivity index (χ1v) is 5.76. The molecule has 2 nitrogen and oxygen atoms in total. The quantitative estimate of drug-likeness (QED) is 0.738. The number of rotatable bonds is 5. The Bertz CT molecular complexity index is 372. The van der Waals surface area contributed by atoms with E-state index in [4.69, 9.17) is 16.3 Å². The van der Waals surface area contributed by atoms with E-state index in [2.05, 4.69) is 6.92 Å². The molecule has 0 heterocycles. The number of carbonyl (C=O) groups excluding carboxylic acids is 1. The summed E-state index contributed by atoms with van der Waals surface area (Å²) >= 11 is 5.49. The zero-order valence-corrected chi connectivity index (χ0v) is 10.7. The molecule has 0 aromatic heterocycles. The van der Waals surface area contributed by atoms with Gasteiger partial charge in [0, 0.05) is 0 Å². The van der Waals surface area contributed by atoms with Crippen molar-refractivity contribution in [2.45, 2.75) is 27.2 Å². The molecular weight excluding hydrogens is 224 g/mol. The minimum atomic E-state index is -0.650. The van der Waals surface area contributed by atoms with E-state index in [-0.39, 0.29) is 5.24 Å². The zero-order valence-electron chi connectivity index (χ0n) is 9.92. The van der Waals surface area contributed by atoms with E-state index < -0.39 is 5.41 Å². The van der Waals surface area contributed by atoms with Crippen LogP contribution in [0.5, 0.6) is 5.75 Å². The van der Waals surface area contributed by atoms with Crippen molar-refractivity contribution < 1.29 is 9.53 Å². The Morgan fingerprint density at radius 1 is 1.38 bits per heavy atom. The first kappa shape index (κ1) is 13.0. The van der Waals surface area contributed by atoms with Gasteiger partial charge in [-0.15, -0.1) is 0 Å². The van der Waals surface area contributed by atoms with Crippen LogP contribution in [-0.2, 0) is 11.2 Å². The fraction of sp³-hybridized carbons (Fsp3) is 0.462. The van der Waals surface area contributed by atoms with Crippen molar-refractivity contribution >= 4 is 16.8 Å². The molecule has 16 heavy (non-hydrogen) atoms. The summed E-state index contributed by atoms with van der Waals surface area (Å²) in [5.41, 5.74) is 0.489. The van der Waals surface area contributed by atoms with Gasteiger partial charge in [-0.25, -0.2) is 0 Å². The maximum atomic E-state index is 11.1. The lowest BCUT2D eigenvalue weighted by Crippen LogP contribution is -2.27. The van der Waals surface area contributed by atoms with E-state index in [1.165, 1.54) is 0 Å². The lowest BCUT2D eigenvalue weighted by Gasteiger charge is -2.21. The average molecular weight is 241 g/mol. The van der Waals surface area contributed by atoms with E-state index in [1.54, 1.807) is 13.8 Å². The Kier molecular flexibility index (Phi) is 4.36. The van der Waals surface area contributed by atoms with Crippen LogP contribution in [0.15, 0.2) is 24.3 Å². The van der Waals surface area contributed by atoms with Crippen LogP contribution < -0.4 is 4.74 Å². The Morgan fingerprint density at radius 2 is 2.00 bits per heavy atom. The molecule has 0 radical (unpaired) electrons. The van der Waals surface area contributed by atoms with Gasteiger partial charge in [0.25, 0.3) is 0 Å². The second-order valence-electron chi connectivity index (χ2n) is 4.41. The van der Waals surface area contributed by atoms with Crippen LogP contribution in [0.3, 0.4) is 0 Å². The summed E-state index contributed by atoms with van der Waals surface area (Å²) < 4.78 is 5.65. The van der Waals surface area contributed by atoms with Crippen LogP contribution in [0.25, 0.3) is 0 Å². The normalized spacial score (nSPS) is 11.2. The molecule has 0 aliphatic carbocycles. The third-order valence-electron chi connectivity index (χ3n) is 2.47. The molecule has 0 atom stereocenters. The number of benzene rings is 1. The van der Waals surface area contributed by atoms with Crippen molar-refractivity contribution in [3.8, 4) is 5.75 Å². The maximum Gasteiger partial charge on any atom is 0.230 e. The molecule has 1 aromatic rings. The molecule has 0 aliphatic heterocycles. The number of ether oxygens (including phenoxy) is 1. The lowest BCUT2D eigenvalue weighted by atomic mass is 9.97. The molecule has 0 fully saturated rings. The van der Waals surface area contributed by atoms with Gasteiger partial charge >= 0.3 is 0 Å². The smallest absolute Gasteiger partial charge is 0.230 e. The average Bonchev–Trinajstić information content (AvgIpc) is 2.26. The first-order valence-electron chi connectivity index (χ1n) is 5.38. The van der Waals surface area contributed by atoms with Gasteiger partial charge in [-0.1, -0.05) is 25.1 Å². The second kappa shape index (κ2) is 5.35. The van der Waals surface area contributed by atoms with E-state index in [0.717, 1.165) is 17.7 Å². The summed E-state index contributed by atoms with van der Waals surface area (Å²) in [5, 5.41) is -0.374. The van der Waals surface area contributed by atoms with E-state index >= 15 is 0 Å². The fourth-order valence-electron chi connectivity index (χ4n) is 1.25. The van der Waals surface area contributed by atoms with Gasteiger partial charge in [0.2, 0.25) is 5.24 Å². The van der Waals surface area contributed by atoms with Crippen LogP contribution in [0.1, 0.15) is 26.3 Å². The maximum absolute atomic E-state index is 11.1. The lowest BCUT2D eigenvalue weighted by molar-refractivity contribution is -0.120. The topological polar surface area (TPSA) is 26.3 Å². The van der Waals surface area contributed by atoms with Crippen molar-refractivity contribution in [2.75, 3.05) is 6.61 Å². The molecule has 0 N–H and O–H groups in total. The Balaban J connectivity index is 2.71. The summed E-state index contributed by atoms with van der Waals surface area (Å²) in [6.45, 7) is 5.92. The van der Waals surface area contributed by atoms with Gasteiger partial charge in [0.05, 0.1) is 5.41 Å². The highest BCUT2D eigenvalue weighted by molar-refractivity contribution is 6.64. The van der Waals surface area contributed by atoms with Crippen LogP contribution in [0, 0.1) is 5.41 Å². The minimum Gasteiger partial charge on any atom is -0.492 e. The van der Waals surface area contributed by atoms with Gasteiger partial charge < -0.3 is 4.74 Å². The molecule has 0 unspecified atom stereocenters. The Morgan fingerprint density at radius 3 is 2.56 bits per heavy atom. The first-order chi connectivity index (χ1) is 7.47. The van der Waals surface area contributed by atoms with Crippen molar-refractivity contribution in [3.05, 3.63) is 29.8 Å². The summed E-state index contributed by atoms with van der Waals surface area (Å²) in [6, 6.07) is 7.83. The van der Waals surface area contributed by atoms with Gasteiger partial charge in [-0.2, -0.15) is 0 Å². The van der Waals surface area contributed by atoms with Gasteiger partial charge in [0.1, 0.15) is 12.4 Å². The number of aryl methyl sites for hydroxylation is 1. The predicted molar refractivity (Wildman–Crippen MR) is 66.0 cm³/mol. The number of carbonyl (C=O) groups is 1. The minimum absolute atomic E-state index is 0.298. The molecule has 0 saturated heterocycles. The van der Waals surface area contributed by atoms with E-state index in [0.29, 0.717) is 6.61 Å². The SMILES string of the molecule is CCc1ccccc1OCC(C)(C)C(=O)Cl. The van der Waals surface area contributed by atoms with Gasteiger partial charge in [-0.05, 0) is 43.5 Å². The van der Waals surface area contributed by atoms with E-state index in [1.807, 2.05) is 24.3 Å². The second-order valence-corrected chi connectivity index (χ2v) is 4.75. The standard InChI is InChI=1S/C13H17ClO2/c1-4-10-7-5-6-8-11(10)16-9-13(2,3)12(14)15/h5-8H,4,9H2,1-3H3. The Labute approximate surface area is 102 Å². The van der Waals surface area contributed by atoms with E-state index in [9.17, 15) is 4.79 Å². The predicted octanol–water partition coefficient (Wildman–Crippen LogP) is 3.42. The Hall–Kier alpha value is -1.02.